The molecule has 0 spiro atoms. The van der Waals surface area contributed by atoms with Crippen molar-refractivity contribution >= 4 is 37.5 Å². The van der Waals surface area contributed by atoms with E-state index in [9.17, 15) is 13.2 Å². The Hall–Kier alpha value is -1.90. The van der Waals surface area contributed by atoms with Gasteiger partial charge in [-0.05, 0) is 44.3 Å². The van der Waals surface area contributed by atoms with Crippen molar-refractivity contribution in [2.45, 2.75) is 11.8 Å². The van der Waals surface area contributed by atoms with E-state index in [0.29, 0.717) is 18.8 Å². The maximum Gasteiger partial charge on any atom is 0.264 e. The monoisotopic (exact) mass is 465 g/mol. The average Bonchev–Trinajstić information content (AvgIpc) is 2.66. The van der Waals surface area contributed by atoms with Gasteiger partial charge in [-0.25, -0.2) is 8.42 Å². The van der Waals surface area contributed by atoms with Gasteiger partial charge in [0.1, 0.15) is 6.54 Å². The SMILES string of the molecule is Cc1ccc(S(=O)(=O)N(CC(=O)N2CCN(C)CC2)c2cccc(Br)c2)cc1. The largest absolute Gasteiger partial charge is 0.339 e. The van der Waals surface area contributed by atoms with Gasteiger partial charge in [-0.15, -0.1) is 0 Å². The molecule has 2 aromatic rings. The Morgan fingerprint density at radius 1 is 1.07 bits per heavy atom. The second kappa shape index (κ2) is 8.63. The fraction of sp³-hybridized carbons (Fsp3) is 0.350. The van der Waals surface area contributed by atoms with Crippen LogP contribution in [0.4, 0.5) is 5.69 Å². The topological polar surface area (TPSA) is 60.9 Å². The summed E-state index contributed by atoms with van der Waals surface area (Å²) >= 11 is 3.39. The number of anilines is 1. The minimum absolute atomic E-state index is 0.171. The van der Waals surface area contributed by atoms with Gasteiger partial charge in [-0.3, -0.25) is 9.10 Å². The number of nitrogens with zero attached hydrogens (tertiary/aromatic N) is 3. The first-order valence-electron chi connectivity index (χ1n) is 9.08. The van der Waals surface area contributed by atoms with Crippen LogP contribution in [0.1, 0.15) is 5.56 Å². The van der Waals surface area contributed by atoms with Crippen LogP contribution >= 0.6 is 15.9 Å². The minimum Gasteiger partial charge on any atom is -0.339 e. The molecule has 0 aromatic heterocycles. The molecule has 3 rings (SSSR count). The number of hydrogen-bond acceptors (Lipinski definition) is 4. The first-order chi connectivity index (χ1) is 13.3. The van der Waals surface area contributed by atoms with Crippen LogP contribution < -0.4 is 4.31 Å². The number of amides is 1. The zero-order valence-electron chi connectivity index (χ0n) is 16.0. The summed E-state index contributed by atoms with van der Waals surface area (Å²) in [6.45, 7) is 4.45. The molecule has 1 fully saturated rings. The molecule has 0 N–H and O–H groups in total. The summed E-state index contributed by atoms with van der Waals surface area (Å²) in [5.41, 5.74) is 1.43. The second-order valence-corrected chi connectivity index (χ2v) is 9.77. The number of halogens is 1. The van der Waals surface area contributed by atoms with Gasteiger partial charge >= 0.3 is 0 Å². The van der Waals surface area contributed by atoms with E-state index in [1.807, 2.05) is 20.0 Å². The van der Waals surface area contributed by atoms with E-state index in [1.165, 1.54) is 4.31 Å². The third kappa shape index (κ3) is 4.74. The number of rotatable bonds is 5. The van der Waals surface area contributed by atoms with Gasteiger partial charge in [0.2, 0.25) is 5.91 Å². The lowest BCUT2D eigenvalue weighted by Gasteiger charge is -2.34. The highest BCUT2D eigenvalue weighted by Crippen LogP contribution is 2.26. The van der Waals surface area contributed by atoms with Gasteiger partial charge < -0.3 is 9.80 Å². The summed E-state index contributed by atoms with van der Waals surface area (Å²) in [5, 5.41) is 0. The lowest BCUT2D eigenvalue weighted by Crippen LogP contribution is -2.50. The zero-order chi connectivity index (χ0) is 20.3. The molecule has 0 aliphatic carbocycles. The molecule has 0 atom stereocenters. The lowest BCUT2D eigenvalue weighted by molar-refractivity contribution is -0.131. The maximum atomic E-state index is 13.4. The van der Waals surface area contributed by atoms with Crippen LogP contribution in [0.15, 0.2) is 57.9 Å². The number of piperazine rings is 1. The predicted molar refractivity (Wildman–Crippen MR) is 114 cm³/mol. The van der Waals surface area contributed by atoms with Gasteiger partial charge in [0.25, 0.3) is 10.0 Å². The lowest BCUT2D eigenvalue weighted by atomic mass is 10.2. The summed E-state index contributed by atoms with van der Waals surface area (Å²) in [6, 6.07) is 13.7. The molecule has 1 amide bonds. The Morgan fingerprint density at radius 3 is 2.32 bits per heavy atom. The summed E-state index contributed by atoms with van der Waals surface area (Å²) in [7, 11) is -1.87. The van der Waals surface area contributed by atoms with Gasteiger partial charge in [-0.2, -0.15) is 0 Å². The van der Waals surface area contributed by atoms with Crippen LogP contribution in [0.3, 0.4) is 0 Å². The van der Waals surface area contributed by atoms with E-state index in [-0.39, 0.29) is 17.3 Å². The highest BCUT2D eigenvalue weighted by molar-refractivity contribution is 9.10. The van der Waals surface area contributed by atoms with Crippen LogP contribution in [-0.4, -0.2) is 63.9 Å². The third-order valence-corrected chi connectivity index (χ3v) is 7.12. The van der Waals surface area contributed by atoms with Crippen LogP contribution in [0, 0.1) is 6.92 Å². The highest BCUT2D eigenvalue weighted by atomic mass is 79.9. The molecule has 1 heterocycles. The fourth-order valence-electron chi connectivity index (χ4n) is 3.06. The Morgan fingerprint density at radius 2 is 1.71 bits per heavy atom. The summed E-state index contributed by atoms with van der Waals surface area (Å²) in [4.78, 5) is 16.9. The number of sulfonamides is 1. The number of benzene rings is 2. The number of hydrogen-bond donors (Lipinski definition) is 0. The van der Waals surface area contributed by atoms with Crippen molar-refractivity contribution in [2.75, 3.05) is 44.1 Å². The van der Waals surface area contributed by atoms with Gasteiger partial charge in [0.15, 0.2) is 0 Å². The molecule has 2 aromatic carbocycles. The summed E-state index contributed by atoms with van der Waals surface area (Å²) in [5.74, 6) is -0.191. The van der Waals surface area contributed by atoms with Crippen molar-refractivity contribution in [3.63, 3.8) is 0 Å². The minimum atomic E-state index is -3.88. The fourth-order valence-corrected chi connectivity index (χ4v) is 4.86. The zero-order valence-corrected chi connectivity index (χ0v) is 18.4. The van der Waals surface area contributed by atoms with Crippen LogP contribution in [0.5, 0.6) is 0 Å². The molecular weight excluding hydrogens is 442 g/mol. The molecule has 0 saturated carbocycles. The molecular formula is C20H24BrN3O3S. The predicted octanol–water partition coefficient (Wildman–Crippen LogP) is 2.73. The molecule has 0 unspecified atom stereocenters. The van der Waals surface area contributed by atoms with Gasteiger partial charge in [-0.1, -0.05) is 39.7 Å². The van der Waals surface area contributed by atoms with E-state index < -0.39 is 10.0 Å². The molecule has 1 saturated heterocycles. The summed E-state index contributed by atoms with van der Waals surface area (Å²) in [6.07, 6.45) is 0. The van der Waals surface area contributed by atoms with Gasteiger partial charge in [0.05, 0.1) is 10.6 Å². The molecule has 0 radical (unpaired) electrons. The average molecular weight is 466 g/mol. The van der Waals surface area contributed by atoms with Crippen molar-refractivity contribution in [2.24, 2.45) is 0 Å². The normalized spacial score (nSPS) is 15.5. The van der Waals surface area contributed by atoms with Gasteiger partial charge in [0, 0.05) is 30.7 Å². The Labute approximate surface area is 174 Å². The Kier molecular flexibility index (Phi) is 6.42. The van der Waals surface area contributed by atoms with E-state index in [2.05, 4.69) is 20.8 Å². The number of carbonyl (C=O) groups is 1. The molecule has 1 aliphatic rings. The van der Waals surface area contributed by atoms with Crippen molar-refractivity contribution in [3.8, 4) is 0 Å². The second-order valence-electron chi connectivity index (χ2n) is 6.99. The molecule has 28 heavy (non-hydrogen) atoms. The number of aryl methyl sites for hydroxylation is 1. The number of likely N-dealkylation sites (N-methyl/N-ethyl adjacent to an activating group) is 1. The van der Waals surface area contributed by atoms with Crippen molar-refractivity contribution in [1.82, 2.24) is 9.80 Å². The van der Waals surface area contributed by atoms with Crippen molar-refractivity contribution in [3.05, 3.63) is 58.6 Å². The van der Waals surface area contributed by atoms with E-state index in [0.717, 1.165) is 23.1 Å². The van der Waals surface area contributed by atoms with Crippen molar-refractivity contribution in [1.29, 1.82) is 0 Å². The molecule has 8 heteroatoms. The van der Waals surface area contributed by atoms with Crippen LogP contribution in [0.25, 0.3) is 0 Å². The van der Waals surface area contributed by atoms with Crippen LogP contribution in [0.2, 0.25) is 0 Å². The molecule has 6 nitrogen and oxygen atoms in total. The first-order valence-corrected chi connectivity index (χ1v) is 11.3. The highest BCUT2D eigenvalue weighted by Gasteiger charge is 2.30. The Balaban J connectivity index is 1.93. The molecule has 150 valence electrons. The van der Waals surface area contributed by atoms with E-state index in [1.54, 1.807) is 47.4 Å². The summed E-state index contributed by atoms with van der Waals surface area (Å²) < 4.78 is 28.7. The standard InChI is InChI=1S/C20H24BrN3O3S/c1-16-6-8-19(9-7-16)28(26,27)24(18-5-3-4-17(21)14-18)15-20(25)23-12-10-22(2)11-13-23/h3-9,14H,10-13,15H2,1-2H3. The first kappa shape index (κ1) is 20.8. The van der Waals surface area contributed by atoms with E-state index in [4.69, 9.17) is 0 Å². The molecule has 1 aliphatic heterocycles. The van der Waals surface area contributed by atoms with E-state index >= 15 is 0 Å². The Bertz CT molecular complexity index is 939. The molecule has 0 bridgehead atoms. The van der Waals surface area contributed by atoms with Crippen LogP contribution in [-0.2, 0) is 14.8 Å². The third-order valence-electron chi connectivity index (χ3n) is 4.84. The number of carbonyl (C=O) groups excluding carboxylic acids is 1. The quantitative estimate of drug-likeness (QED) is 0.680. The smallest absolute Gasteiger partial charge is 0.264 e. The van der Waals surface area contributed by atoms with Crippen molar-refractivity contribution < 1.29 is 13.2 Å². The maximum absolute atomic E-state index is 13.4.